The van der Waals surface area contributed by atoms with E-state index >= 15 is 0 Å². The van der Waals surface area contributed by atoms with Crippen molar-refractivity contribution < 1.29 is 9.33 Å². The number of ether oxygens (including phenoxy) is 1. The highest BCUT2D eigenvalue weighted by Crippen LogP contribution is 2.36. The molecule has 5 rings (SSSR count). The van der Waals surface area contributed by atoms with E-state index in [9.17, 15) is 0 Å². The normalized spacial score (nSPS) is 19.6. The van der Waals surface area contributed by atoms with Crippen LogP contribution in [0, 0.1) is 0 Å². The average molecular weight is 393 g/mol. The van der Waals surface area contributed by atoms with E-state index in [1.807, 2.05) is 91.1 Å². The van der Waals surface area contributed by atoms with Crippen LogP contribution in [0.3, 0.4) is 0 Å². The number of hydrogen-bond acceptors (Lipinski definition) is 4. The SMILES string of the molecule is N[N+]12C=CN=CC1=C(c1ccccc1)N=C2c1cccc(OCc2ccccc2)c1. The molecule has 146 valence electrons. The Morgan fingerprint density at radius 2 is 1.57 bits per heavy atom. The Bertz CT molecular complexity index is 1200. The summed E-state index contributed by atoms with van der Waals surface area (Å²) in [6.07, 6.45) is 5.35. The lowest BCUT2D eigenvalue weighted by Crippen LogP contribution is -2.53. The Balaban J connectivity index is 1.50. The molecule has 2 N–H and O–H groups in total. The van der Waals surface area contributed by atoms with Crippen molar-refractivity contribution >= 4 is 17.7 Å². The van der Waals surface area contributed by atoms with E-state index in [1.165, 1.54) is 0 Å². The molecule has 5 heteroatoms. The van der Waals surface area contributed by atoms with Crippen LogP contribution in [0.4, 0.5) is 0 Å². The van der Waals surface area contributed by atoms with Crippen molar-refractivity contribution in [3.8, 4) is 5.75 Å². The summed E-state index contributed by atoms with van der Waals surface area (Å²) in [7, 11) is 0. The van der Waals surface area contributed by atoms with Gasteiger partial charge < -0.3 is 4.74 Å². The van der Waals surface area contributed by atoms with E-state index < -0.39 is 0 Å². The van der Waals surface area contributed by atoms with Gasteiger partial charge in [-0.1, -0.05) is 66.7 Å². The number of aliphatic imine (C=N–C) groups is 2. The zero-order valence-electron chi connectivity index (χ0n) is 16.3. The molecule has 0 radical (unpaired) electrons. The maximum atomic E-state index is 6.81. The molecule has 2 heterocycles. The highest BCUT2D eigenvalue weighted by atomic mass is 16.5. The van der Waals surface area contributed by atoms with Crippen LogP contribution in [-0.4, -0.2) is 16.6 Å². The largest absolute Gasteiger partial charge is 0.489 e. The summed E-state index contributed by atoms with van der Waals surface area (Å²) in [5, 5.41) is 0. The molecule has 5 nitrogen and oxygen atoms in total. The minimum atomic E-state index is -0.0180. The third kappa shape index (κ3) is 3.26. The maximum Gasteiger partial charge on any atom is 0.265 e. The molecular weight excluding hydrogens is 372 g/mol. The van der Waals surface area contributed by atoms with Crippen molar-refractivity contribution in [1.29, 1.82) is 0 Å². The molecule has 30 heavy (non-hydrogen) atoms. The van der Waals surface area contributed by atoms with Crippen molar-refractivity contribution in [2.45, 2.75) is 6.61 Å². The highest BCUT2D eigenvalue weighted by molar-refractivity contribution is 6.06. The summed E-state index contributed by atoms with van der Waals surface area (Å²) in [5.74, 6) is 8.32. The lowest BCUT2D eigenvalue weighted by atomic mass is 10.1. The lowest BCUT2D eigenvalue weighted by molar-refractivity contribution is -0.749. The van der Waals surface area contributed by atoms with Crippen molar-refractivity contribution in [1.82, 2.24) is 0 Å². The first kappa shape index (κ1) is 18.2. The van der Waals surface area contributed by atoms with Crippen LogP contribution in [-0.2, 0) is 6.61 Å². The van der Waals surface area contributed by atoms with Gasteiger partial charge in [-0.05, 0) is 23.8 Å². The zero-order valence-corrected chi connectivity index (χ0v) is 16.3. The summed E-state index contributed by atoms with van der Waals surface area (Å²) in [4.78, 5) is 9.24. The summed E-state index contributed by atoms with van der Waals surface area (Å²) in [6, 6.07) is 28.1. The lowest BCUT2D eigenvalue weighted by Gasteiger charge is -2.26. The van der Waals surface area contributed by atoms with E-state index in [1.54, 1.807) is 12.4 Å². The number of fused-ring (bicyclic) bond motifs is 1. The molecule has 0 spiro atoms. The Labute approximate surface area is 175 Å². The van der Waals surface area contributed by atoms with Gasteiger partial charge in [0.15, 0.2) is 0 Å². The fourth-order valence-electron chi connectivity index (χ4n) is 3.65. The van der Waals surface area contributed by atoms with Crippen molar-refractivity contribution in [3.05, 3.63) is 120 Å². The predicted molar refractivity (Wildman–Crippen MR) is 119 cm³/mol. The first-order chi connectivity index (χ1) is 14.7. The van der Waals surface area contributed by atoms with Gasteiger partial charge in [-0.25, -0.2) is 0 Å². The van der Waals surface area contributed by atoms with E-state index in [2.05, 4.69) is 4.99 Å². The summed E-state index contributed by atoms with van der Waals surface area (Å²) >= 11 is 0. The molecule has 0 aromatic heterocycles. The molecule has 0 saturated carbocycles. The smallest absolute Gasteiger partial charge is 0.265 e. The quantitative estimate of drug-likeness (QED) is 0.507. The third-order valence-corrected chi connectivity index (χ3v) is 5.18. The minimum Gasteiger partial charge on any atom is -0.489 e. The Kier molecular flexibility index (Phi) is 4.59. The number of nitrogens with two attached hydrogens (primary N) is 1. The van der Waals surface area contributed by atoms with Crippen molar-refractivity contribution in [3.63, 3.8) is 0 Å². The Hall–Kier alpha value is -3.80. The summed E-state index contributed by atoms with van der Waals surface area (Å²) in [6.45, 7) is 0.505. The monoisotopic (exact) mass is 393 g/mol. The topological polar surface area (TPSA) is 60.0 Å². The predicted octanol–water partition coefficient (Wildman–Crippen LogP) is 4.64. The number of quaternary nitrogens is 1. The van der Waals surface area contributed by atoms with Gasteiger partial charge in [0.2, 0.25) is 5.70 Å². The van der Waals surface area contributed by atoms with Crippen LogP contribution in [0.25, 0.3) is 5.70 Å². The summed E-state index contributed by atoms with van der Waals surface area (Å²) < 4.78 is 5.99. The van der Waals surface area contributed by atoms with Gasteiger partial charge in [-0.15, -0.1) is 4.59 Å². The highest BCUT2D eigenvalue weighted by Gasteiger charge is 2.44. The Morgan fingerprint density at radius 3 is 2.37 bits per heavy atom. The fraction of sp³-hybridized carbons (Fsp3) is 0.0400. The molecule has 2 aliphatic rings. The molecule has 0 saturated heterocycles. The second-order valence-corrected chi connectivity index (χ2v) is 7.19. The Morgan fingerprint density at radius 1 is 0.833 bits per heavy atom. The molecule has 1 unspecified atom stereocenters. The van der Waals surface area contributed by atoms with Crippen LogP contribution >= 0.6 is 0 Å². The van der Waals surface area contributed by atoms with Crippen molar-refractivity contribution in [2.24, 2.45) is 15.8 Å². The van der Waals surface area contributed by atoms with Crippen LogP contribution < -0.4 is 10.6 Å². The number of hydrogen-bond donors (Lipinski definition) is 1. The van der Waals surface area contributed by atoms with Gasteiger partial charge in [-0.3, -0.25) is 4.99 Å². The fourth-order valence-corrected chi connectivity index (χ4v) is 3.65. The maximum absolute atomic E-state index is 6.81. The molecule has 0 aliphatic carbocycles. The van der Waals surface area contributed by atoms with Crippen molar-refractivity contribution in [2.75, 3.05) is 0 Å². The third-order valence-electron chi connectivity index (χ3n) is 5.18. The zero-order chi connectivity index (χ0) is 20.4. The summed E-state index contributed by atoms with van der Waals surface area (Å²) in [5.41, 5.74) is 4.71. The molecule has 3 aromatic carbocycles. The van der Waals surface area contributed by atoms with E-state index in [0.717, 1.165) is 39.7 Å². The molecule has 0 amide bonds. The first-order valence-electron chi connectivity index (χ1n) is 9.79. The van der Waals surface area contributed by atoms with E-state index in [-0.39, 0.29) is 4.59 Å². The van der Waals surface area contributed by atoms with Gasteiger partial charge >= 0.3 is 0 Å². The molecule has 1 atom stereocenters. The van der Waals surface area contributed by atoms with Crippen LogP contribution in [0.2, 0.25) is 0 Å². The van der Waals surface area contributed by atoms with E-state index in [4.69, 9.17) is 15.6 Å². The van der Waals surface area contributed by atoms with Gasteiger partial charge in [-0.2, -0.15) is 10.8 Å². The number of benzene rings is 3. The van der Waals surface area contributed by atoms with E-state index in [0.29, 0.717) is 6.61 Å². The minimum absolute atomic E-state index is 0.0180. The molecule has 2 aliphatic heterocycles. The molecule has 0 bridgehead atoms. The number of rotatable bonds is 5. The average Bonchev–Trinajstić information content (AvgIpc) is 3.12. The van der Waals surface area contributed by atoms with Gasteiger partial charge in [0.25, 0.3) is 5.84 Å². The molecular formula is C25H21N4O+. The first-order valence-corrected chi connectivity index (χ1v) is 9.79. The number of amidine groups is 1. The van der Waals surface area contributed by atoms with Gasteiger partial charge in [0.1, 0.15) is 24.3 Å². The molecule has 0 fully saturated rings. The van der Waals surface area contributed by atoms with Crippen LogP contribution in [0.15, 0.2) is 113 Å². The molecule has 3 aromatic rings. The van der Waals surface area contributed by atoms with Crippen LogP contribution in [0.5, 0.6) is 5.75 Å². The number of nitrogens with zero attached hydrogens (tertiary/aromatic N) is 3. The standard InChI is InChI=1S/C25H21N4O/c26-29-15-14-27-17-23(29)24(20-10-5-2-6-11-20)28-25(29)21-12-7-13-22(16-21)30-18-19-8-3-1-4-9-19/h1-17H,18,26H2/q+1. The number of allylic oxidation sites excluding steroid dienone is 1. The second-order valence-electron chi connectivity index (χ2n) is 7.19. The van der Waals surface area contributed by atoms with Crippen LogP contribution in [0.1, 0.15) is 16.7 Å². The van der Waals surface area contributed by atoms with Gasteiger partial charge in [0, 0.05) is 5.56 Å². The second kappa shape index (κ2) is 7.55. The van der Waals surface area contributed by atoms with Gasteiger partial charge in [0.05, 0.1) is 18.0 Å².